The fourth-order valence-electron chi connectivity index (χ4n) is 1.18. The van der Waals surface area contributed by atoms with Gasteiger partial charge in [-0.15, -0.1) is 0 Å². The first kappa shape index (κ1) is 12.6. The van der Waals surface area contributed by atoms with Crippen LogP contribution in [0.5, 0.6) is 0 Å². The van der Waals surface area contributed by atoms with Crippen molar-refractivity contribution in [2.75, 3.05) is 20.6 Å². The molecular weight excluding hydrogens is 214 g/mol. The van der Waals surface area contributed by atoms with Gasteiger partial charge in [-0.25, -0.2) is 8.78 Å². The number of hydrogen-bond donors (Lipinski definition) is 1. The highest BCUT2D eigenvalue weighted by atomic mass is 19.1. The van der Waals surface area contributed by atoms with Gasteiger partial charge < -0.3 is 10.2 Å². The van der Waals surface area contributed by atoms with Gasteiger partial charge in [0.15, 0.2) is 0 Å². The molecule has 3 nitrogen and oxygen atoms in total. The largest absolute Gasteiger partial charge is 0.348 e. The maximum Gasteiger partial charge on any atom is 0.236 e. The van der Waals surface area contributed by atoms with Gasteiger partial charge in [-0.1, -0.05) is 0 Å². The molecular formula is C11H14F2N2O. The summed E-state index contributed by atoms with van der Waals surface area (Å²) in [4.78, 5) is 12.6. The number of carbonyl (C=O) groups is 1. The summed E-state index contributed by atoms with van der Waals surface area (Å²) in [6.07, 6.45) is 0. The third-order valence-electron chi connectivity index (χ3n) is 2.03. The summed E-state index contributed by atoms with van der Waals surface area (Å²) < 4.78 is 25.6. The van der Waals surface area contributed by atoms with Crippen LogP contribution < -0.4 is 5.32 Å². The maximum absolute atomic E-state index is 12.8. The molecule has 0 aliphatic carbocycles. The van der Waals surface area contributed by atoms with Crippen LogP contribution in [0.25, 0.3) is 0 Å². The van der Waals surface area contributed by atoms with Crippen LogP contribution in [0.1, 0.15) is 5.56 Å². The Bertz CT molecular complexity index is 360. The van der Waals surface area contributed by atoms with Gasteiger partial charge in [0.25, 0.3) is 0 Å². The number of benzene rings is 1. The minimum atomic E-state index is -0.615. The highest BCUT2D eigenvalue weighted by molar-refractivity contribution is 5.77. The molecule has 0 saturated carbocycles. The van der Waals surface area contributed by atoms with Crippen LogP contribution in [0.3, 0.4) is 0 Å². The predicted octanol–water partition coefficient (Wildman–Crippen LogP) is 1.14. The zero-order chi connectivity index (χ0) is 12.1. The van der Waals surface area contributed by atoms with Crippen molar-refractivity contribution in [1.29, 1.82) is 0 Å². The summed E-state index contributed by atoms with van der Waals surface area (Å²) >= 11 is 0. The van der Waals surface area contributed by atoms with Gasteiger partial charge >= 0.3 is 0 Å². The summed E-state index contributed by atoms with van der Waals surface area (Å²) in [7, 11) is 3.29. The van der Waals surface area contributed by atoms with E-state index in [2.05, 4.69) is 5.32 Å². The summed E-state index contributed by atoms with van der Waals surface area (Å²) in [5.74, 6) is -1.32. The topological polar surface area (TPSA) is 32.3 Å². The van der Waals surface area contributed by atoms with Gasteiger partial charge in [0.1, 0.15) is 11.6 Å². The van der Waals surface area contributed by atoms with Gasteiger partial charge in [-0.2, -0.15) is 0 Å². The number of halogens is 2. The third-order valence-corrected chi connectivity index (χ3v) is 2.03. The van der Waals surface area contributed by atoms with Crippen LogP contribution in [-0.2, 0) is 11.3 Å². The molecule has 1 aromatic carbocycles. The Morgan fingerprint density at radius 2 is 1.81 bits per heavy atom. The quantitative estimate of drug-likeness (QED) is 0.838. The number of carbonyl (C=O) groups excluding carboxylic acids is 1. The van der Waals surface area contributed by atoms with Crippen molar-refractivity contribution in [3.05, 3.63) is 35.4 Å². The smallest absolute Gasteiger partial charge is 0.236 e. The first-order chi connectivity index (χ1) is 7.49. The lowest BCUT2D eigenvalue weighted by atomic mass is 10.2. The molecule has 0 aromatic heterocycles. The predicted molar refractivity (Wildman–Crippen MR) is 56.8 cm³/mol. The molecule has 88 valence electrons. The second-order valence-corrected chi connectivity index (χ2v) is 3.67. The van der Waals surface area contributed by atoms with E-state index in [0.29, 0.717) is 5.56 Å². The number of nitrogens with one attached hydrogen (secondary N) is 1. The van der Waals surface area contributed by atoms with Crippen molar-refractivity contribution in [3.63, 3.8) is 0 Å². The molecule has 16 heavy (non-hydrogen) atoms. The summed E-state index contributed by atoms with van der Waals surface area (Å²) in [5, 5.41) is 2.81. The van der Waals surface area contributed by atoms with E-state index in [9.17, 15) is 13.6 Å². The third kappa shape index (κ3) is 3.94. The Balaban J connectivity index is 2.46. The van der Waals surface area contributed by atoms with Gasteiger partial charge in [0.2, 0.25) is 5.91 Å². The number of rotatable bonds is 4. The van der Waals surface area contributed by atoms with Crippen LogP contribution in [0.4, 0.5) is 8.78 Å². The lowest BCUT2D eigenvalue weighted by Crippen LogP contribution is -2.32. The Morgan fingerprint density at radius 3 is 2.31 bits per heavy atom. The molecule has 0 fully saturated rings. The lowest BCUT2D eigenvalue weighted by Gasteiger charge is -2.10. The van der Waals surface area contributed by atoms with Crippen molar-refractivity contribution < 1.29 is 13.6 Å². The van der Waals surface area contributed by atoms with Gasteiger partial charge in [0.05, 0.1) is 6.54 Å². The SMILES string of the molecule is CN(C)C(=O)CNCc1cc(F)cc(F)c1. The molecule has 0 aliphatic heterocycles. The van der Waals surface area contributed by atoms with E-state index < -0.39 is 11.6 Å². The first-order valence-corrected chi connectivity index (χ1v) is 4.85. The van der Waals surface area contributed by atoms with Crippen LogP contribution in [0, 0.1) is 11.6 Å². The van der Waals surface area contributed by atoms with Gasteiger partial charge in [0, 0.05) is 26.7 Å². The molecule has 0 unspecified atom stereocenters. The van der Waals surface area contributed by atoms with Crippen molar-refractivity contribution in [1.82, 2.24) is 10.2 Å². The standard InChI is InChI=1S/C11H14F2N2O/c1-15(2)11(16)7-14-6-8-3-9(12)5-10(13)4-8/h3-5,14H,6-7H2,1-2H3. The Labute approximate surface area is 93.1 Å². The first-order valence-electron chi connectivity index (χ1n) is 4.85. The molecule has 0 spiro atoms. The molecule has 1 N–H and O–H groups in total. The molecule has 0 saturated heterocycles. The highest BCUT2D eigenvalue weighted by Crippen LogP contribution is 2.07. The number of nitrogens with zero attached hydrogens (tertiary/aromatic N) is 1. The number of likely N-dealkylation sites (N-methyl/N-ethyl adjacent to an activating group) is 1. The summed E-state index contributed by atoms with van der Waals surface area (Å²) in [6.45, 7) is 0.402. The van der Waals surface area contributed by atoms with E-state index >= 15 is 0 Å². The molecule has 1 aromatic rings. The minimum Gasteiger partial charge on any atom is -0.348 e. The maximum atomic E-state index is 12.8. The Hall–Kier alpha value is -1.49. The van der Waals surface area contributed by atoms with E-state index in [1.165, 1.54) is 17.0 Å². The highest BCUT2D eigenvalue weighted by Gasteiger charge is 2.04. The summed E-state index contributed by atoms with van der Waals surface area (Å²) in [6, 6.07) is 3.28. The number of amides is 1. The van der Waals surface area contributed by atoms with Crippen LogP contribution in [-0.4, -0.2) is 31.4 Å². The Morgan fingerprint density at radius 1 is 1.25 bits per heavy atom. The minimum absolute atomic E-state index is 0.0862. The fourth-order valence-corrected chi connectivity index (χ4v) is 1.18. The van der Waals surface area contributed by atoms with Crippen molar-refractivity contribution in [2.24, 2.45) is 0 Å². The van der Waals surface area contributed by atoms with Crippen LogP contribution in [0.2, 0.25) is 0 Å². The van der Waals surface area contributed by atoms with Crippen molar-refractivity contribution in [3.8, 4) is 0 Å². The van der Waals surface area contributed by atoms with Gasteiger partial charge in [-0.05, 0) is 17.7 Å². The zero-order valence-electron chi connectivity index (χ0n) is 9.26. The molecule has 0 aliphatic rings. The van der Waals surface area contributed by atoms with Crippen molar-refractivity contribution >= 4 is 5.91 Å². The molecule has 0 heterocycles. The monoisotopic (exact) mass is 228 g/mol. The van der Waals surface area contributed by atoms with Crippen molar-refractivity contribution in [2.45, 2.75) is 6.54 Å². The molecule has 1 rings (SSSR count). The van der Waals surface area contributed by atoms with E-state index in [1.54, 1.807) is 14.1 Å². The van der Waals surface area contributed by atoms with Gasteiger partial charge in [-0.3, -0.25) is 4.79 Å². The molecule has 0 atom stereocenters. The molecule has 5 heteroatoms. The molecule has 1 amide bonds. The fraction of sp³-hybridized carbons (Fsp3) is 0.364. The lowest BCUT2D eigenvalue weighted by molar-refractivity contribution is -0.127. The van der Waals surface area contributed by atoms with Crippen LogP contribution in [0.15, 0.2) is 18.2 Å². The average Bonchev–Trinajstić information content (AvgIpc) is 2.15. The second-order valence-electron chi connectivity index (χ2n) is 3.67. The number of hydrogen-bond acceptors (Lipinski definition) is 2. The summed E-state index contributed by atoms with van der Waals surface area (Å²) in [5.41, 5.74) is 0.476. The van der Waals surface area contributed by atoms with E-state index in [1.807, 2.05) is 0 Å². The normalized spacial score (nSPS) is 10.2. The average molecular weight is 228 g/mol. The molecule has 0 radical (unpaired) electrons. The van der Waals surface area contributed by atoms with E-state index in [4.69, 9.17) is 0 Å². The Kier molecular flexibility index (Phi) is 4.37. The van der Waals surface area contributed by atoms with Crippen LogP contribution >= 0.6 is 0 Å². The van der Waals surface area contributed by atoms with E-state index in [0.717, 1.165) is 6.07 Å². The van der Waals surface area contributed by atoms with E-state index in [-0.39, 0.29) is 19.0 Å². The zero-order valence-corrected chi connectivity index (χ0v) is 9.26. The molecule has 0 bridgehead atoms. The second kappa shape index (κ2) is 5.55.